The van der Waals surface area contributed by atoms with Gasteiger partial charge >= 0.3 is 5.97 Å². The van der Waals surface area contributed by atoms with Gasteiger partial charge in [-0.3, -0.25) is 0 Å². The third kappa shape index (κ3) is 1.43. The number of carbonyl (C=O) groups excluding carboxylic acids is 1. The van der Waals surface area contributed by atoms with Gasteiger partial charge in [-0.15, -0.1) is 0 Å². The van der Waals surface area contributed by atoms with Gasteiger partial charge in [0.25, 0.3) is 0 Å². The average Bonchev–Trinajstić information content (AvgIpc) is 2.54. The topological polar surface area (TPSA) is 26.3 Å². The van der Waals surface area contributed by atoms with Crippen LogP contribution in [0.4, 0.5) is 0 Å². The molecule has 0 aromatic heterocycles. The maximum absolute atomic E-state index is 11.7. The fraction of sp³-hybridized carbons (Fsp3) is 0.400. The molecule has 0 N–H and O–H groups in total. The monoisotopic (exact) mass is 228 g/mol. The van der Waals surface area contributed by atoms with Gasteiger partial charge < -0.3 is 4.74 Å². The number of ether oxygens (including phenoxy) is 1. The molecule has 0 bridgehead atoms. The van der Waals surface area contributed by atoms with E-state index in [1.807, 2.05) is 6.92 Å². The standard InChI is InChI=1S/C15H16O2/c1-8-4-5-11-9(2)7-13-14(12(11)6-8)10(3)15(16)17-13/h4-6,9,13H,7H2,1-3H3/t9-,13-/m0/s1. The molecule has 1 aliphatic heterocycles. The Kier molecular flexibility index (Phi) is 2.15. The highest BCUT2D eigenvalue weighted by Gasteiger charge is 2.38. The van der Waals surface area contributed by atoms with Gasteiger partial charge in [0, 0.05) is 11.1 Å². The van der Waals surface area contributed by atoms with Gasteiger partial charge in [0.1, 0.15) is 6.10 Å². The molecule has 3 rings (SSSR count). The van der Waals surface area contributed by atoms with Crippen LogP contribution in [0.25, 0.3) is 5.57 Å². The number of hydrogen-bond donors (Lipinski definition) is 0. The maximum atomic E-state index is 11.7. The minimum atomic E-state index is -0.147. The first-order valence-corrected chi connectivity index (χ1v) is 6.10. The fourth-order valence-electron chi connectivity index (χ4n) is 2.95. The van der Waals surface area contributed by atoms with E-state index in [1.165, 1.54) is 16.7 Å². The molecular formula is C15H16O2. The number of rotatable bonds is 0. The summed E-state index contributed by atoms with van der Waals surface area (Å²) in [5.41, 5.74) is 5.70. The Morgan fingerprint density at radius 3 is 2.82 bits per heavy atom. The molecule has 88 valence electrons. The zero-order valence-electron chi connectivity index (χ0n) is 10.4. The fourth-order valence-corrected chi connectivity index (χ4v) is 2.95. The van der Waals surface area contributed by atoms with Crippen molar-refractivity contribution in [3.8, 4) is 0 Å². The van der Waals surface area contributed by atoms with Gasteiger partial charge in [-0.25, -0.2) is 4.79 Å². The molecule has 2 heteroatoms. The summed E-state index contributed by atoms with van der Waals surface area (Å²) in [6.45, 7) is 6.16. The molecule has 0 radical (unpaired) electrons. The lowest BCUT2D eigenvalue weighted by Crippen LogP contribution is -2.20. The minimum Gasteiger partial charge on any atom is -0.454 e. The Balaban J connectivity index is 2.26. The number of fused-ring (bicyclic) bond motifs is 3. The van der Waals surface area contributed by atoms with Crippen LogP contribution in [-0.2, 0) is 9.53 Å². The van der Waals surface area contributed by atoms with Crippen LogP contribution in [0.15, 0.2) is 23.8 Å². The minimum absolute atomic E-state index is 0.0215. The van der Waals surface area contributed by atoms with Crippen molar-refractivity contribution < 1.29 is 9.53 Å². The zero-order valence-corrected chi connectivity index (χ0v) is 10.4. The Labute approximate surface area is 101 Å². The predicted octanol–water partition coefficient (Wildman–Crippen LogP) is 3.20. The van der Waals surface area contributed by atoms with Crippen LogP contribution in [-0.4, -0.2) is 12.1 Å². The molecule has 1 aliphatic carbocycles. The summed E-state index contributed by atoms with van der Waals surface area (Å²) in [4.78, 5) is 11.7. The smallest absolute Gasteiger partial charge is 0.334 e. The highest BCUT2D eigenvalue weighted by atomic mass is 16.5. The van der Waals surface area contributed by atoms with Crippen LogP contribution in [0.3, 0.4) is 0 Å². The number of hydrogen-bond acceptors (Lipinski definition) is 2. The van der Waals surface area contributed by atoms with Gasteiger partial charge in [-0.1, -0.05) is 30.7 Å². The molecule has 1 aromatic rings. The van der Waals surface area contributed by atoms with Crippen molar-refractivity contribution in [2.45, 2.75) is 39.2 Å². The van der Waals surface area contributed by atoms with Crippen LogP contribution in [0.2, 0.25) is 0 Å². The summed E-state index contributed by atoms with van der Waals surface area (Å²) in [5, 5.41) is 0. The van der Waals surface area contributed by atoms with Crippen LogP contribution < -0.4 is 0 Å². The lowest BCUT2D eigenvalue weighted by Gasteiger charge is -2.28. The molecular weight excluding hydrogens is 212 g/mol. The van der Waals surface area contributed by atoms with Gasteiger partial charge in [0.15, 0.2) is 0 Å². The SMILES string of the molecule is CC1=C2c3cc(C)ccc3[C@@H](C)C[C@@H]2OC1=O. The highest BCUT2D eigenvalue weighted by Crippen LogP contribution is 2.44. The normalized spacial score (nSPS) is 26.6. The molecule has 2 nitrogen and oxygen atoms in total. The lowest BCUT2D eigenvalue weighted by atomic mass is 9.78. The van der Waals surface area contributed by atoms with E-state index in [0.717, 1.165) is 17.6 Å². The highest BCUT2D eigenvalue weighted by molar-refractivity contribution is 6.03. The zero-order chi connectivity index (χ0) is 12.2. The first-order valence-electron chi connectivity index (χ1n) is 6.10. The van der Waals surface area contributed by atoms with E-state index >= 15 is 0 Å². The molecule has 0 saturated carbocycles. The van der Waals surface area contributed by atoms with Crippen LogP contribution in [0, 0.1) is 6.92 Å². The first kappa shape index (κ1) is 10.6. The van der Waals surface area contributed by atoms with Crippen molar-refractivity contribution >= 4 is 11.5 Å². The summed E-state index contributed by atoms with van der Waals surface area (Å²) in [6.07, 6.45) is 0.890. The van der Waals surface area contributed by atoms with E-state index in [9.17, 15) is 4.79 Å². The van der Waals surface area contributed by atoms with Gasteiger partial charge in [-0.05, 0) is 37.3 Å². The molecule has 0 fully saturated rings. The quantitative estimate of drug-likeness (QED) is 0.637. The molecule has 0 amide bonds. The van der Waals surface area contributed by atoms with E-state index in [2.05, 4.69) is 32.0 Å². The van der Waals surface area contributed by atoms with E-state index in [1.54, 1.807) is 0 Å². The molecule has 1 heterocycles. The number of esters is 1. The molecule has 0 saturated heterocycles. The van der Waals surface area contributed by atoms with Gasteiger partial charge in [0.2, 0.25) is 0 Å². The number of aryl methyl sites for hydroxylation is 1. The Morgan fingerprint density at radius 2 is 2.06 bits per heavy atom. The Morgan fingerprint density at radius 1 is 1.29 bits per heavy atom. The summed E-state index contributed by atoms with van der Waals surface area (Å²) in [5.74, 6) is 0.310. The third-order valence-electron chi connectivity index (χ3n) is 3.88. The number of carbonyl (C=O) groups is 1. The van der Waals surface area contributed by atoms with Crippen molar-refractivity contribution in [2.75, 3.05) is 0 Å². The van der Waals surface area contributed by atoms with E-state index in [-0.39, 0.29) is 12.1 Å². The van der Waals surface area contributed by atoms with Crippen molar-refractivity contribution in [2.24, 2.45) is 0 Å². The van der Waals surface area contributed by atoms with Gasteiger partial charge in [0.05, 0.1) is 0 Å². The van der Waals surface area contributed by atoms with Crippen LogP contribution in [0.5, 0.6) is 0 Å². The van der Waals surface area contributed by atoms with Gasteiger partial charge in [-0.2, -0.15) is 0 Å². The summed E-state index contributed by atoms with van der Waals surface area (Å²) < 4.78 is 5.43. The third-order valence-corrected chi connectivity index (χ3v) is 3.88. The van der Waals surface area contributed by atoms with E-state index in [0.29, 0.717) is 5.92 Å². The largest absolute Gasteiger partial charge is 0.454 e. The molecule has 0 unspecified atom stereocenters. The van der Waals surface area contributed by atoms with E-state index in [4.69, 9.17) is 4.74 Å². The summed E-state index contributed by atoms with van der Waals surface area (Å²) in [7, 11) is 0. The Hall–Kier alpha value is -1.57. The predicted molar refractivity (Wildman–Crippen MR) is 66.7 cm³/mol. The molecule has 2 atom stereocenters. The first-order chi connectivity index (χ1) is 8.08. The molecule has 2 aliphatic rings. The molecule has 1 aromatic carbocycles. The van der Waals surface area contributed by atoms with Crippen LogP contribution in [0.1, 0.15) is 42.9 Å². The lowest BCUT2D eigenvalue weighted by molar-refractivity contribution is -0.139. The second-order valence-electron chi connectivity index (χ2n) is 5.16. The number of benzene rings is 1. The Bertz CT molecular complexity index is 540. The van der Waals surface area contributed by atoms with Crippen molar-refractivity contribution in [3.63, 3.8) is 0 Å². The molecule has 0 spiro atoms. The maximum Gasteiger partial charge on any atom is 0.334 e. The van der Waals surface area contributed by atoms with Crippen molar-refractivity contribution in [1.82, 2.24) is 0 Å². The summed E-state index contributed by atoms with van der Waals surface area (Å²) >= 11 is 0. The van der Waals surface area contributed by atoms with E-state index < -0.39 is 0 Å². The molecule has 17 heavy (non-hydrogen) atoms. The average molecular weight is 228 g/mol. The van der Waals surface area contributed by atoms with Crippen molar-refractivity contribution in [3.05, 3.63) is 40.5 Å². The second-order valence-corrected chi connectivity index (χ2v) is 5.16. The summed E-state index contributed by atoms with van der Waals surface area (Å²) in [6, 6.07) is 6.51. The second kappa shape index (κ2) is 3.46. The van der Waals surface area contributed by atoms with Crippen LogP contribution >= 0.6 is 0 Å². The van der Waals surface area contributed by atoms with Crippen molar-refractivity contribution in [1.29, 1.82) is 0 Å².